The van der Waals surface area contributed by atoms with Crippen molar-refractivity contribution in [2.75, 3.05) is 13.1 Å². The van der Waals surface area contributed by atoms with Gasteiger partial charge in [0.2, 0.25) is 0 Å². The molecule has 5 nitrogen and oxygen atoms in total. The Morgan fingerprint density at radius 3 is 2.95 bits per heavy atom. The van der Waals surface area contributed by atoms with Crippen molar-refractivity contribution < 1.29 is 4.79 Å². The molecule has 1 aromatic heterocycles. The van der Waals surface area contributed by atoms with Gasteiger partial charge in [-0.3, -0.25) is 9.48 Å². The highest BCUT2D eigenvalue weighted by atomic mass is 35.5. The van der Waals surface area contributed by atoms with Crippen LogP contribution in [0.5, 0.6) is 0 Å². The van der Waals surface area contributed by atoms with Crippen molar-refractivity contribution in [3.05, 3.63) is 47.5 Å². The van der Waals surface area contributed by atoms with Crippen LogP contribution in [-0.2, 0) is 6.54 Å². The Morgan fingerprint density at radius 2 is 2.26 bits per heavy atom. The normalized spacial score (nSPS) is 15.3. The van der Waals surface area contributed by atoms with Gasteiger partial charge in [0.05, 0.1) is 0 Å². The standard InChI is InChI=1S/C13H13ClN4O/c14-12-3-1-2-11(4-12)13(19)17-5-10(6-17)7-18-9-15-8-16-18/h1-4,8-10H,5-7H2. The van der Waals surface area contributed by atoms with Crippen LogP contribution in [-0.4, -0.2) is 38.7 Å². The van der Waals surface area contributed by atoms with E-state index in [1.165, 1.54) is 6.33 Å². The molecule has 1 fully saturated rings. The molecule has 0 saturated carbocycles. The minimum absolute atomic E-state index is 0.0392. The molecule has 3 rings (SSSR count). The zero-order valence-corrected chi connectivity index (χ0v) is 11.0. The first-order valence-electron chi connectivity index (χ1n) is 6.09. The van der Waals surface area contributed by atoms with Gasteiger partial charge in [-0.1, -0.05) is 17.7 Å². The van der Waals surface area contributed by atoms with Crippen LogP contribution in [0.25, 0.3) is 0 Å². The first kappa shape index (κ1) is 12.2. The summed E-state index contributed by atoms with van der Waals surface area (Å²) in [4.78, 5) is 17.9. The van der Waals surface area contributed by atoms with E-state index < -0.39 is 0 Å². The molecule has 0 spiro atoms. The highest BCUT2D eigenvalue weighted by Gasteiger charge is 2.31. The minimum atomic E-state index is 0.0392. The van der Waals surface area contributed by atoms with Gasteiger partial charge in [0, 0.05) is 36.1 Å². The topological polar surface area (TPSA) is 51.0 Å². The average molecular weight is 277 g/mol. The van der Waals surface area contributed by atoms with Crippen LogP contribution < -0.4 is 0 Å². The lowest BCUT2D eigenvalue weighted by molar-refractivity contribution is 0.0461. The third-order valence-corrected chi connectivity index (χ3v) is 3.46. The van der Waals surface area contributed by atoms with Gasteiger partial charge in [-0.2, -0.15) is 5.10 Å². The van der Waals surface area contributed by atoms with Crippen molar-refractivity contribution in [3.8, 4) is 0 Å². The van der Waals surface area contributed by atoms with Crippen molar-refractivity contribution in [1.82, 2.24) is 19.7 Å². The maximum atomic E-state index is 12.2. The number of benzene rings is 1. The largest absolute Gasteiger partial charge is 0.338 e. The fourth-order valence-corrected chi connectivity index (χ4v) is 2.44. The highest BCUT2D eigenvalue weighted by Crippen LogP contribution is 2.21. The number of nitrogens with zero attached hydrogens (tertiary/aromatic N) is 4. The number of carbonyl (C=O) groups is 1. The zero-order valence-electron chi connectivity index (χ0n) is 10.2. The zero-order chi connectivity index (χ0) is 13.2. The monoisotopic (exact) mass is 276 g/mol. The number of hydrogen-bond acceptors (Lipinski definition) is 3. The van der Waals surface area contributed by atoms with Crippen LogP contribution >= 0.6 is 11.6 Å². The molecule has 0 atom stereocenters. The molecular weight excluding hydrogens is 264 g/mol. The van der Waals surface area contributed by atoms with E-state index in [0.29, 0.717) is 16.5 Å². The Labute approximate surface area is 115 Å². The molecule has 2 aromatic rings. The number of carbonyl (C=O) groups excluding carboxylic acids is 1. The van der Waals surface area contributed by atoms with Crippen LogP contribution in [0.2, 0.25) is 5.02 Å². The van der Waals surface area contributed by atoms with Crippen LogP contribution in [0.15, 0.2) is 36.9 Å². The summed E-state index contributed by atoms with van der Waals surface area (Å²) in [5.41, 5.74) is 0.645. The van der Waals surface area contributed by atoms with E-state index >= 15 is 0 Å². The number of amides is 1. The third kappa shape index (κ3) is 2.61. The minimum Gasteiger partial charge on any atom is -0.338 e. The van der Waals surface area contributed by atoms with Crippen molar-refractivity contribution in [2.24, 2.45) is 5.92 Å². The lowest BCUT2D eigenvalue weighted by atomic mass is 9.99. The lowest BCUT2D eigenvalue weighted by Gasteiger charge is -2.39. The highest BCUT2D eigenvalue weighted by molar-refractivity contribution is 6.30. The van der Waals surface area contributed by atoms with Crippen molar-refractivity contribution in [1.29, 1.82) is 0 Å². The molecule has 0 N–H and O–H groups in total. The number of aromatic nitrogens is 3. The van der Waals surface area contributed by atoms with E-state index in [1.807, 2.05) is 4.90 Å². The SMILES string of the molecule is O=C(c1cccc(Cl)c1)N1CC(Cn2cncn2)C1. The Bertz CT molecular complexity index is 578. The maximum Gasteiger partial charge on any atom is 0.253 e. The fourth-order valence-electron chi connectivity index (χ4n) is 2.25. The summed E-state index contributed by atoms with van der Waals surface area (Å²) < 4.78 is 1.80. The number of halogens is 1. The summed E-state index contributed by atoms with van der Waals surface area (Å²) >= 11 is 5.89. The second-order valence-corrected chi connectivity index (χ2v) is 5.14. The van der Waals surface area contributed by atoms with Gasteiger partial charge in [0.15, 0.2) is 0 Å². The van der Waals surface area contributed by atoms with Crippen molar-refractivity contribution in [2.45, 2.75) is 6.54 Å². The molecule has 6 heteroatoms. The van der Waals surface area contributed by atoms with Gasteiger partial charge in [-0.05, 0) is 18.2 Å². The van der Waals surface area contributed by atoms with Gasteiger partial charge in [0.1, 0.15) is 12.7 Å². The molecule has 0 aliphatic carbocycles. The summed E-state index contributed by atoms with van der Waals surface area (Å²) in [5, 5.41) is 4.65. The van der Waals surface area contributed by atoms with E-state index in [9.17, 15) is 4.79 Å². The van der Waals surface area contributed by atoms with Crippen LogP contribution in [0.1, 0.15) is 10.4 Å². The molecule has 98 valence electrons. The molecule has 1 aromatic carbocycles. The van der Waals surface area contributed by atoms with E-state index in [1.54, 1.807) is 35.3 Å². The Morgan fingerprint density at radius 1 is 1.42 bits per heavy atom. The maximum absolute atomic E-state index is 12.2. The first-order chi connectivity index (χ1) is 9.22. The summed E-state index contributed by atoms with van der Waals surface area (Å²) in [5.74, 6) is 0.488. The molecule has 1 saturated heterocycles. The third-order valence-electron chi connectivity index (χ3n) is 3.23. The molecular formula is C13H13ClN4O. The van der Waals surface area contributed by atoms with Gasteiger partial charge < -0.3 is 4.90 Å². The number of rotatable bonds is 3. The average Bonchev–Trinajstić information content (AvgIpc) is 2.85. The van der Waals surface area contributed by atoms with E-state index in [-0.39, 0.29) is 5.91 Å². The molecule has 0 unspecified atom stereocenters. The Hall–Kier alpha value is -1.88. The summed E-state index contributed by atoms with van der Waals surface area (Å²) in [6.45, 7) is 2.32. The molecule has 2 heterocycles. The summed E-state index contributed by atoms with van der Waals surface area (Å²) in [6.07, 6.45) is 3.22. The van der Waals surface area contributed by atoms with Gasteiger partial charge >= 0.3 is 0 Å². The first-order valence-corrected chi connectivity index (χ1v) is 6.47. The van der Waals surface area contributed by atoms with E-state index in [0.717, 1.165) is 19.6 Å². The predicted molar refractivity (Wildman–Crippen MR) is 70.9 cm³/mol. The molecule has 1 aliphatic rings. The summed E-state index contributed by atoms with van der Waals surface area (Å²) in [6, 6.07) is 7.05. The van der Waals surface area contributed by atoms with Gasteiger partial charge in [-0.15, -0.1) is 0 Å². The quantitative estimate of drug-likeness (QED) is 0.857. The van der Waals surface area contributed by atoms with Crippen LogP contribution in [0.3, 0.4) is 0 Å². The molecule has 1 amide bonds. The van der Waals surface area contributed by atoms with Crippen molar-refractivity contribution >= 4 is 17.5 Å². The second-order valence-electron chi connectivity index (χ2n) is 4.70. The van der Waals surface area contributed by atoms with E-state index in [4.69, 9.17) is 11.6 Å². The molecule has 0 bridgehead atoms. The Balaban J connectivity index is 1.57. The summed E-state index contributed by atoms with van der Waals surface area (Å²) in [7, 11) is 0. The van der Waals surface area contributed by atoms with Crippen LogP contribution in [0, 0.1) is 5.92 Å². The molecule has 19 heavy (non-hydrogen) atoms. The lowest BCUT2D eigenvalue weighted by Crippen LogP contribution is -2.51. The number of hydrogen-bond donors (Lipinski definition) is 0. The molecule has 1 aliphatic heterocycles. The fraction of sp³-hybridized carbons (Fsp3) is 0.308. The van der Waals surface area contributed by atoms with E-state index in [2.05, 4.69) is 10.1 Å². The van der Waals surface area contributed by atoms with Crippen LogP contribution in [0.4, 0.5) is 0 Å². The van der Waals surface area contributed by atoms with Crippen molar-refractivity contribution in [3.63, 3.8) is 0 Å². The van der Waals surface area contributed by atoms with Gasteiger partial charge in [0.25, 0.3) is 5.91 Å². The second kappa shape index (κ2) is 5.01. The van der Waals surface area contributed by atoms with Gasteiger partial charge in [-0.25, -0.2) is 4.98 Å². The Kier molecular flexibility index (Phi) is 3.21. The predicted octanol–water partition coefficient (Wildman–Crippen LogP) is 1.70. The number of likely N-dealkylation sites (tertiary alicyclic amines) is 1. The smallest absolute Gasteiger partial charge is 0.253 e. The molecule has 0 radical (unpaired) electrons.